The predicted octanol–water partition coefficient (Wildman–Crippen LogP) is 2.03. The highest BCUT2D eigenvalue weighted by Gasteiger charge is 2.40. The zero-order valence-corrected chi connectivity index (χ0v) is 13.0. The molecule has 0 atom stereocenters. The van der Waals surface area contributed by atoms with E-state index in [1.165, 1.54) is 0 Å². The van der Waals surface area contributed by atoms with Crippen molar-refractivity contribution in [1.82, 2.24) is 5.32 Å². The number of amides is 2. The summed E-state index contributed by atoms with van der Waals surface area (Å²) in [5, 5.41) is 2.75. The fraction of sp³-hybridized carbons (Fsp3) is 0.500. The highest BCUT2D eigenvalue weighted by atomic mass is 16.5. The van der Waals surface area contributed by atoms with Crippen LogP contribution >= 0.6 is 0 Å². The average molecular weight is 290 g/mol. The van der Waals surface area contributed by atoms with Gasteiger partial charge in [0.25, 0.3) is 5.91 Å². The molecule has 0 bridgehead atoms. The zero-order valence-electron chi connectivity index (χ0n) is 13.0. The monoisotopic (exact) mass is 290 g/mol. The number of anilines is 1. The number of rotatable bonds is 4. The second kappa shape index (κ2) is 5.76. The Balaban J connectivity index is 2.27. The minimum absolute atomic E-state index is 0.0520. The summed E-state index contributed by atoms with van der Waals surface area (Å²) in [6.45, 7) is 8.28. The lowest BCUT2D eigenvalue weighted by molar-refractivity contribution is -0.132. The lowest BCUT2D eigenvalue weighted by Crippen LogP contribution is -2.53. The SMILES string of the molecule is CCNC(=O)CCN1C(=O)C(C)(C)Oc2ccc(C)cc21. The highest BCUT2D eigenvalue weighted by molar-refractivity contribution is 6.02. The van der Waals surface area contributed by atoms with Gasteiger partial charge in [-0.1, -0.05) is 6.07 Å². The van der Waals surface area contributed by atoms with Gasteiger partial charge in [0, 0.05) is 19.5 Å². The molecule has 1 aromatic rings. The van der Waals surface area contributed by atoms with Gasteiger partial charge in [0.1, 0.15) is 5.75 Å². The third-order valence-electron chi connectivity index (χ3n) is 3.47. The average Bonchev–Trinajstić information content (AvgIpc) is 2.40. The molecule has 0 aliphatic carbocycles. The highest BCUT2D eigenvalue weighted by Crippen LogP contribution is 2.38. The normalized spacial score (nSPS) is 16.2. The van der Waals surface area contributed by atoms with E-state index in [2.05, 4.69) is 5.32 Å². The first-order chi connectivity index (χ1) is 9.85. The van der Waals surface area contributed by atoms with Crippen LogP contribution in [-0.4, -0.2) is 30.5 Å². The first-order valence-corrected chi connectivity index (χ1v) is 7.23. The number of benzene rings is 1. The molecule has 114 valence electrons. The molecule has 5 nitrogen and oxygen atoms in total. The molecule has 5 heteroatoms. The Morgan fingerprint density at radius 3 is 2.76 bits per heavy atom. The summed E-state index contributed by atoms with van der Waals surface area (Å²) >= 11 is 0. The Bertz CT molecular complexity index is 567. The van der Waals surface area contributed by atoms with Gasteiger partial charge in [0.2, 0.25) is 5.91 Å². The Morgan fingerprint density at radius 1 is 1.38 bits per heavy atom. The van der Waals surface area contributed by atoms with Crippen molar-refractivity contribution >= 4 is 17.5 Å². The summed E-state index contributed by atoms with van der Waals surface area (Å²) in [6, 6.07) is 5.74. The van der Waals surface area contributed by atoms with Gasteiger partial charge in [0.15, 0.2) is 5.60 Å². The van der Waals surface area contributed by atoms with E-state index in [1.807, 2.05) is 32.0 Å². The van der Waals surface area contributed by atoms with Crippen molar-refractivity contribution < 1.29 is 14.3 Å². The minimum Gasteiger partial charge on any atom is -0.476 e. The zero-order chi connectivity index (χ0) is 15.6. The maximum Gasteiger partial charge on any atom is 0.270 e. The van der Waals surface area contributed by atoms with E-state index in [-0.39, 0.29) is 18.2 Å². The van der Waals surface area contributed by atoms with Crippen LogP contribution < -0.4 is 15.0 Å². The van der Waals surface area contributed by atoms with Crippen molar-refractivity contribution in [3.05, 3.63) is 23.8 Å². The quantitative estimate of drug-likeness (QED) is 0.923. The molecule has 0 saturated heterocycles. The first kappa shape index (κ1) is 15.4. The van der Waals surface area contributed by atoms with E-state index in [9.17, 15) is 9.59 Å². The molecule has 0 spiro atoms. The van der Waals surface area contributed by atoms with E-state index in [0.29, 0.717) is 18.8 Å². The molecule has 1 aliphatic rings. The molecule has 0 saturated carbocycles. The van der Waals surface area contributed by atoms with Crippen molar-refractivity contribution in [2.24, 2.45) is 0 Å². The first-order valence-electron chi connectivity index (χ1n) is 7.23. The Labute approximate surface area is 125 Å². The summed E-state index contributed by atoms with van der Waals surface area (Å²) in [6.07, 6.45) is 0.281. The molecule has 1 heterocycles. The van der Waals surface area contributed by atoms with Gasteiger partial charge in [-0.15, -0.1) is 0 Å². The van der Waals surface area contributed by atoms with Crippen molar-refractivity contribution in [2.45, 2.75) is 39.7 Å². The van der Waals surface area contributed by atoms with Gasteiger partial charge in [0.05, 0.1) is 5.69 Å². The number of hydrogen-bond acceptors (Lipinski definition) is 3. The van der Waals surface area contributed by atoms with Crippen LogP contribution in [0.4, 0.5) is 5.69 Å². The van der Waals surface area contributed by atoms with Crippen LogP contribution in [-0.2, 0) is 9.59 Å². The Kier molecular flexibility index (Phi) is 4.21. The number of carbonyl (C=O) groups excluding carboxylic acids is 2. The van der Waals surface area contributed by atoms with E-state index < -0.39 is 5.60 Å². The number of hydrogen-bond donors (Lipinski definition) is 1. The third-order valence-corrected chi connectivity index (χ3v) is 3.47. The fourth-order valence-electron chi connectivity index (χ4n) is 2.40. The Hall–Kier alpha value is -2.04. The molecule has 1 aliphatic heterocycles. The fourth-order valence-corrected chi connectivity index (χ4v) is 2.40. The van der Waals surface area contributed by atoms with Gasteiger partial charge in [-0.3, -0.25) is 9.59 Å². The summed E-state index contributed by atoms with van der Waals surface area (Å²) in [5.41, 5.74) is 0.875. The maximum absolute atomic E-state index is 12.6. The van der Waals surface area contributed by atoms with Gasteiger partial charge in [-0.25, -0.2) is 0 Å². The van der Waals surface area contributed by atoms with Crippen molar-refractivity contribution in [3.63, 3.8) is 0 Å². The van der Waals surface area contributed by atoms with E-state index in [1.54, 1.807) is 18.7 Å². The van der Waals surface area contributed by atoms with Crippen LogP contribution in [0.15, 0.2) is 18.2 Å². The summed E-state index contributed by atoms with van der Waals surface area (Å²) < 4.78 is 5.78. The van der Waals surface area contributed by atoms with Crippen LogP contribution in [0.25, 0.3) is 0 Å². The van der Waals surface area contributed by atoms with Crippen molar-refractivity contribution in [2.75, 3.05) is 18.0 Å². The molecule has 2 amide bonds. The maximum atomic E-state index is 12.6. The number of fused-ring (bicyclic) bond motifs is 1. The van der Waals surface area contributed by atoms with Crippen LogP contribution in [0.1, 0.15) is 32.8 Å². The van der Waals surface area contributed by atoms with Crippen LogP contribution in [0.2, 0.25) is 0 Å². The van der Waals surface area contributed by atoms with Crippen LogP contribution in [0.5, 0.6) is 5.75 Å². The minimum atomic E-state index is -0.913. The standard InChI is InChI=1S/C16H22N2O3/c1-5-17-14(19)8-9-18-12-10-11(2)6-7-13(12)21-16(3,4)15(18)20/h6-7,10H,5,8-9H2,1-4H3,(H,17,19). The van der Waals surface area contributed by atoms with Crippen LogP contribution in [0.3, 0.4) is 0 Å². The number of carbonyl (C=O) groups is 2. The third kappa shape index (κ3) is 3.17. The summed E-state index contributed by atoms with van der Waals surface area (Å²) in [7, 11) is 0. The molecule has 21 heavy (non-hydrogen) atoms. The second-order valence-electron chi connectivity index (χ2n) is 5.74. The van der Waals surface area contributed by atoms with Gasteiger partial charge in [-0.05, 0) is 45.4 Å². The predicted molar refractivity (Wildman–Crippen MR) is 81.5 cm³/mol. The molecular weight excluding hydrogens is 268 g/mol. The van der Waals surface area contributed by atoms with Crippen molar-refractivity contribution in [3.8, 4) is 5.75 Å². The Morgan fingerprint density at radius 2 is 2.10 bits per heavy atom. The molecule has 1 aromatic carbocycles. The van der Waals surface area contributed by atoms with E-state index in [4.69, 9.17) is 4.74 Å². The number of nitrogens with one attached hydrogen (secondary N) is 1. The smallest absolute Gasteiger partial charge is 0.270 e. The van der Waals surface area contributed by atoms with Crippen LogP contribution in [0, 0.1) is 6.92 Å². The molecular formula is C16H22N2O3. The van der Waals surface area contributed by atoms with Gasteiger partial charge < -0.3 is 15.0 Å². The topological polar surface area (TPSA) is 58.6 Å². The lowest BCUT2D eigenvalue weighted by Gasteiger charge is -2.38. The molecule has 0 aromatic heterocycles. The van der Waals surface area contributed by atoms with Gasteiger partial charge in [-0.2, -0.15) is 0 Å². The summed E-state index contributed by atoms with van der Waals surface area (Å²) in [4.78, 5) is 25.9. The molecule has 0 unspecified atom stereocenters. The molecule has 0 radical (unpaired) electrons. The second-order valence-corrected chi connectivity index (χ2v) is 5.74. The van der Waals surface area contributed by atoms with E-state index in [0.717, 1.165) is 11.3 Å². The van der Waals surface area contributed by atoms with Crippen molar-refractivity contribution in [1.29, 1.82) is 0 Å². The molecule has 0 fully saturated rings. The number of nitrogens with zero attached hydrogens (tertiary/aromatic N) is 1. The van der Waals surface area contributed by atoms with E-state index >= 15 is 0 Å². The number of aryl methyl sites for hydroxylation is 1. The molecule has 1 N–H and O–H groups in total. The number of ether oxygens (including phenoxy) is 1. The van der Waals surface area contributed by atoms with Gasteiger partial charge >= 0.3 is 0 Å². The lowest BCUT2D eigenvalue weighted by atomic mass is 10.0. The largest absolute Gasteiger partial charge is 0.476 e. The summed E-state index contributed by atoms with van der Waals surface area (Å²) in [5.74, 6) is 0.509. The molecule has 2 rings (SSSR count).